The Morgan fingerprint density at radius 1 is 0.857 bits per heavy atom. The van der Waals surface area contributed by atoms with Crippen LogP contribution in [0.4, 0.5) is 0 Å². The van der Waals surface area contributed by atoms with Gasteiger partial charge in [0.1, 0.15) is 0 Å². The Labute approximate surface area is 128 Å². The van der Waals surface area contributed by atoms with Crippen molar-refractivity contribution in [2.45, 2.75) is 13.8 Å². The van der Waals surface area contributed by atoms with Crippen LogP contribution in [0.5, 0.6) is 0 Å². The Kier molecular flexibility index (Phi) is 3.72. The summed E-state index contributed by atoms with van der Waals surface area (Å²) < 4.78 is 0. The second-order valence-electron chi connectivity index (χ2n) is 5.05. The highest BCUT2D eigenvalue weighted by molar-refractivity contribution is 7.16. The quantitative estimate of drug-likeness (QED) is 0.601. The molecule has 0 atom stereocenters. The van der Waals surface area contributed by atoms with Gasteiger partial charge in [-0.25, -0.2) is 0 Å². The van der Waals surface area contributed by atoms with Crippen molar-refractivity contribution >= 4 is 17.1 Å². The molecule has 1 nitrogen and oxygen atoms in total. The van der Waals surface area contributed by atoms with Crippen LogP contribution in [0.15, 0.2) is 60.7 Å². The van der Waals surface area contributed by atoms with Crippen LogP contribution in [0.1, 0.15) is 26.4 Å². The van der Waals surface area contributed by atoms with Crippen LogP contribution in [0.3, 0.4) is 0 Å². The molecule has 1 heterocycles. The normalized spacial score (nSPS) is 10.6. The zero-order valence-corrected chi connectivity index (χ0v) is 12.9. The first-order valence-corrected chi connectivity index (χ1v) is 7.75. The van der Waals surface area contributed by atoms with Gasteiger partial charge in [-0.05, 0) is 25.0 Å². The lowest BCUT2D eigenvalue weighted by molar-refractivity contribution is 0.103. The molecule has 0 saturated heterocycles. The molecule has 0 N–H and O–H groups in total. The van der Waals surface area contributed by atoms with E-state index in [-0.39, 0.29) is 5.78 Å². The standard InChI is InChI=1S/C19H16OS/c1-13-14(2)21-19(16-11-7-4-8-12-16)17(13)18(20)15-9-5-3-6-10-15/h3-12H,1-2H3. The molecule has 0 fully saturated rings. The van der Waals surface area contributed by atoms with Gasteiger partial charge in [0.2, 0.25) is 0 Å². The van der Waals surface area contributed by atoms with E-state index in [1.165, 1.54) is 4.88 Å². The van der Waals surface area contributed by atoms with Crippen LogP contribution >= 0.6 is 11.3 Å². The molecule has 2 heteroatoms. The SMILES string of the molecule is Cc1sc(-c2ccccc2)c(C(=O)c2ccccc2)c1C. The fourth-order valence-corrected chi connectivity index (χ4v) is 3.59. The summed E-state index contributed by atoms with van der Waals surface area (Å²) in [5, 5.41) is 0. The summed E-state index contributed by atoms with van der Waals surface area (Å²) in [4.78, 5) is 15.2. The van der Waals surface area contributed by atoms with Crippen molar-refractivity contribution in [1.82, 2.24) is 0 Å². The van der Waals surface area contributed by atoms with Gasteiger partial charge in [-0.15, -0.1) is 11.3 Å². The van der Waals surface area contributed by atoms with Gasteiger partial charge in [0.25, 0.3) is 0 Å². The van der Waals surface area contributed by atoms with Crippen molar-refractivity contribution in [2.75, 3.05) is 0 Å². The van der Waals surface area contributed by atoms with Gasteiger partial charge in [-0.3, -0.25) is 4.79 Å². The summed E-state index contributed by atoms with van der Waals surface area (Å²) in [6.45, 7) is 4.11. The van der Waals surface area contributed by atoms with Crippen molar-refractivity contribution in [3.05, 3.63) is 82.2 Å². The number of thiophene rings is 1. The molecule has 2 aromatic carbocycles. The summed E-state index contributed by atoms with van der Waals surface area (Å²) in [5.74, 6) is 0.108. The van der Waals surface area contributed by atoms with E-state index in [0.717, 1.165) is 27.1 Å². The number of ketones is 1. The number of hydrogen-bond donors (Lipinski definition) is 0. The highest BCUT2D eigenvalue weighted by atomic mass is 32.1. The number of carbonyl (C=O) groups is 1. The summed E-state index contributed by atoms with van der Waals surface area (Å²) in [5.41, 5.74) is 3.79. The van der Waals surface area contributed by atoms with E-state index in [9.17, 15) is 4.79 Å². The Morgan fingerprint density at radius 3 is 2.05 bits per heavy atom. The Hall–Kier alpha value is -2.19. The molecule has 0 aliphatic heterocycles. The van der Waals surface area contributed by atoms with Crippen LogP contribution in [0.25, 0.3) is 10.4 Å². The lowest BCUT2D eigenvalue weighted by atomic mass is 9.97. The average Bonchev–Trinajstić information content (AvgIpc) is 2.84. The van der Waals surface area contributed by atoms with Gasteiger partial charge in [0.15, 0.2) is 5.78 Å². The molecule has 1 aromatic heterocycles. The van der Waals surface area contributed by atoms with E-state index < -0.39 is 0 Å². The second-order valence-corrected chi connectivity index (χ2v) is 6.27. The third-order valence-corrected chi connectivity index (χ3v) is 4.94. The van der Waals surface area contributed by atoms with E-state index in [1.54, 1.807) is 11.3 Å². The number of rotatable bonds is 3. The molecule has 0 bridgehead atoms. The maximum atomic E-state index is 12.9. The molecule has 0 saturated carbocycles. The van der Waals surface area contributed by atoms with Gasteiger partial charge in [-0.2, -0.15) is 0 Å². The van der Waals surface area contributed by atoms with Crippen LogP contribution in [0, 0.1) is 13.8 Å². The van der Waals surface area contributed by atoms with E-state index >= 15 is 0 Å². The van der Waals surface area contributed by atoms with Gasteiger partial charge < -0.3 is 0 Å². The molecule has 0 aliphatic carbocycles. The Bertz CT molecular complexity index is 770. The molecule has 0 amide bonds. The lowest BCUT2D eigenvalue weighted by Crippen LogP contribution is -2.03. The van der Waals surface area contributed by atoms with Crippen molar-refractivity contribution in [2.24, 2.45) is 0 Å². The number of aryl methyl sites for hydroxylation is 1. The van der Waals surface area contributed by atoms with E-state index in [1.807, 2.05) is 55.5 Å². The Balaban J connectivity index is 2.17. The largest absolute Gasteiger partial charge is 0.289 e. The van der Waals surface area contributed by atoms with Crippen LogP contribution in [0.2, 0.25) is 0 Å². The van der Waals surface area contributed by atoms with E-state index in [2.05, 4.69) is 19.1 Å². The molecule has 0 unspecified atom stereocenters. The first kappa shape index (κ1) is 13.8. The van der Waals surface area contributed by atoms with E-state index in [4.69, 9.17) is 0 Å². The minimum atomic E-state index is 0.108. The molecule has 0 spiro atoms. The molecular weight excluding hydrogens is 276 g/mol. The van der Waals surface area contributed by atoms with Crippen molar-refractivity contribution in [3.63, 3.8) is 0 Å². The van der Waals surface area contributed by atoms with Gasteiger partial charge in [0, 0.05) is 20.9 Å². The predicted octanol–water partition coefficient (Wildman–Crippen LogP) is 5.26. The van der Waals surface area contributed by atoms with Gasteiger partial charge >= 0.3 is 0 Å². The second kappa shape index (κ2) is 5.66. The topological polar surface area (TPSA) is 17.1 Å². The molecule has 104 valence electrons. The minimum Gasteiger partial charge on any atom is -0.289 e. The van der Waals surface area contributed by atoms with Crippen molar-refractivity contribution in [1.29, 1.82) is 0 Å². The first-order valence-electron chi connectivity index (χ1n) is 6.93. The zero-order chi connectivity index (χ0) is 14.8. The smallest absolute Gasteiger partial charge is 0.194 e. The van der Waals surface area contributed by atoms with Crippen LogP contribution in [-0.4, -0.2) is 5.78 Å². The highest BCUT2D eigenvalue weighted by Crippen LogP contribution is 2.37. The number of hydrogen-bond acceptors (Lipinski definition) is 2. The first-order chi connectivity index (χ1) is 10.2. The molecule has 3 aromatic rings. The maximum Gasteiger partial charge on any atom is 0.194 e. The maximum absolute atomic E-state index is 12.9. The lowest BCUT2D eigenvalue weighted by Gasteiger charge is -2.05. The van der Waals surface area contributed by atoms with Crippen molar-refractivity contribution < 1.29 is 4.79 Å². The third-order valence-electron chi connectivity index (χ3n) is 3.68. The molecular formula is C19H16OS. The van der Waals surface area contributed by atoms with Gasteiger partial charge in [0.05, 0.1) is 0 Å². The minimum absolute atomic E-state index is 0.108. The highest BCUT2D eigenvalue weighted by Gasteiger charge is 2.21. The summed E-state index contributed by atoms with van der Waals surface area (Å²) in [7, 11) is 0. The molecule has 3 rings (SSSR count). The van der Waals surface area contributed by atoms with Crippen LogP contribution in [-0.2, 0) is 0 Å². The Morgan fingerprint density at radius 2 is 1.43 bits per heavy atom. The fourth-order valence-electron chi connectivity index (χ4n) is 2.43. The van der Waals surface area contributed by atoms with Crippen LogP contribution < -0.4 is 0 Å². The number of carbonyl (C=O) groups excluding carboxylic acids is 1. The average molecular weight is 292 g/mol. The molecule has 21 heavy (non-hydrogen) atoms. The zero-order valence-electron chi connectivity index (χ0n) is 12.1. The molecule has 0 radical (unpaired) electrons. The molecule has 0 aliphatic rings. The van der Waals surface area contributed by atoms with Gasteiger partial charge in [-0.1, -0.05) is 60.7 Å². The third kappa shape index (κ3) is 2.55. The van der Waals surface area contributed by atoms with Crippen molar-refractivity contribution in [3.8, 4) is 10.4 Å². The monoisotopic (exact) mass is 292 g/mol. The van der Waals surface area contributed by atoms with E-state index in [0.29, 0.717) is 0 Å². The number of benzene rings is 2. The summed E-state index contributed by atoms with van der Waals surface area (Å²) >= 11 is 1.70. The fraction of sp³-hybridized carbons (Fsp3) is 0.105. The predicted molar refractivity (Wildman–Crippen MR) is 89.1 cm³/mol. The summed E-state index contributed by atoms with van der Waals surface area (Å²) in [6, 6.07) is 19.6. The summed E-state index contributed by atoms with van der Waals surface area (Å²) in [6.07, 6.45) is 0.